The lowest BCUT2D eigenvalue weighted by atomic mass is 9.85. The van der Waals surface area contributed by atoms with Gasteiger partial charge in [0.25, 0.3) is 5.56 Å². The third kappa shape index (κ3) is 3.35. The second-order valence-electron chi connectivity index (χ2n) is 8.24. The quantitative estimate of drug-likeness (QED) is 0.430. The molecule has 5 nitrogen and oxygen atoms in total. The molecule has 0 radical (unpaired) electrons. The lowest BCUT2D eigenvalue weighted by molar-refractivity contribution is 0.402. The maximum absolute atomic E-state index is 13.8. The molecule has 6 rings (SSSR count). The Balaban J connectivity index is 1.61. The van der Waals surface area contributed by atoms with Crippen LogP contribution in [-0.4, -0.2) is 18.8 Å². The smallest absolute Gasteiger partial charge is 0.271 e. The van der Waals surface area contributed by atoms with Gasteiger partial charge >= 0.3 is 0 Å². The van der Waals surface area contributed by atoms with Gasteiger partial charge in [-0.05, 0) is 59.7 Å². The molecular formula is C27H22N2O3S2. The van der Waals surface area contributed by atoms with Gasteiger partial charge in [-0.2, -0.15) is 0 Å². The average Bonchev–Trinajstić information content (AvgIpc) is 3.51. The van der Waals surface area contributed by atoms with Crippen LogP contribution in [0.3, 0.4) is 0 Å². The van der Waals surface area contributed by atoms with E-state index in [1.54, 1.807) is 25.6 Å². The number of hydrogen-bond acceptors (Lipinski definition) is 6. The fourth-order valence-electron chi connectivity index (χ4n) is 4.81. The van der Waals surface area contributed by atoms with Crippen LogP contribution in [0.15, 0.2) is 75.3 Å². The van der Waals surface area contributed by atoms with E-state index in [1.165, 1.54) is 28.0 Å². The summed E-state index contributed by atoms with van der Waals surface area (Å²) in [7, 11) is 3.26. The van der Waals surface area contributed by atoms with E-state index >= 15 is 0 Å². The molecule has 1 aliphatic carbocycles. The summed E-state index contributed by atoms with van der Waals surface area (Å²) in [6.07, 6.45) is 3.73. The third-order valence-electron chi connectivity index (χ3n) is 6.41. The normalized spacial score (nSPS) is 17.0. The summed E-state index contributed by atoms with van der Waals surface area (Å²) in [4.78, 5) is 20.7. The summed E-state index contributed by atoms with van der Waals surface area (Å²) >= 11 is 3.11. The number of hydrogen-bond donors (Lipinski definition) is 0. The van der Waals surface area contributed by atoms with Crippen molar-refractivity contribution < 1.29 is 9.47 Å². The predicted octanol–water partition coefficient (Wildman–Crippen LogP) is 4.40. The number of allylic oxidation sites excluding steroid dienone is 1. The molecule has 2 aliphatic rings. The molecule has 0 fully saturated rings. The summed E-state index contributed by atoms with van der Waals surface area (Å²) < 4.78 is 13.4. The summed E-state index contributed by atoms with van der Waals surface area (Å²) in [6.45, 7) is 0. The molecule has 0 bridgehead atoms. The van der Waals surface area contributed by atoms with Gasteiger partial charge in [0.1, 0.15) is 11.5 Å². The number of methoxy groups -OCH3 is 2. The van der Waals surface area contributed by atoms with Crippen molar-refractivity contribution in [2.75, 3.05) is 14.2 Å². The fraction of sp³-hybridized carbons (Fsp3) is 0.185. The highest BCUT2D eigenvalue weighted by Gasteiger charge is 2.33. The highest BCUT2D eigenvalue weighted by molar-refractivity contribution is 7.10. The van der Waals surface area contributed by atoms with E-state index in [0.29, 0.717) is 16.0 Å². The molecule has 1 atom stereocenters. The van der Waals surface area contributed by atoms with Gasteiger partial charge in [0, 0.05) is 16.0 Å². The molecule has 0 N–H and O–H groups in total. The van der Waals surface area contributed by atoms with Crippen LogP contribution in [0, 0.1) is 0 Å². The van der Waals surface area contributed by atoms with E-state index in [1.807, 2.05) is 34.9 Å². The largest absolute Gasteiger partial charge is 0.497 e. The molecule has 2 aromatic heterocycles. The first kappa shape index (κ1) is 21.1. The minimum atomic E-state index is -0.131. The highest BCUT2D eigenvalue weighted by Crippen LogP contribution is 2.42. The molecule has 3 heterocycles. The van der Waals surface area contributed by atoms with Crippen molar-refractivity contribution in [3.05, 3.63) is 107 Å². The van der Waals surface area contributed by atoms with E-state index < -0.39 is 0 Å². The third-order valence-corrected chi connectivity index (χ3v) is 8.32. The molecule has 2 aromatic carbocycles. The van der Waals surface area contributed by atoms with Crippen LogP contribution >= 0.6 is 22.7 Å². The second kappa shape index (κ2) is 8.42. The number of benzene rings is 2. The molecule has 1 aliphatic heterocycles. The maximum atomic E-state index is 13.8. The van der Waals surface area contributed by atoms with Gasteiger partial charge in [-0.1, -0.05) is 41.7 Å². The fourth-order valence-corrected chi connectivity index (χ4v) is 6.65. The Kier molecular flexibility index (Phi) is 5.23. The Labute approximate surface area is 204 Å². The van der Waals surface area contributed by atoms with E-state index in [-0.39, 0.29) is 11.6 Å². The van der Waals surface area contributed by atoms with E-state index in [9.17, 15) is 4.79 Å². The van der Waals surface area contributed by atoms with Crippen molar-refractivity contribution in [1.82, 2.24) is 4.57 Å². The van der Waals surface area contributed by atoms with Crippen molar-refractivity contribution in [1.29, 1.82) is 0 Å². The van der Waals surface area contributed by atoms with Crippen molar-refractivity contribution in [2.45, 2.75) is 18.9 Å². The molecule has 0 amide bonds. The number of thiazole rings is 1. The van der Waals surface area contributed by atoms with Gasteiger partial charge in [-0.25, -0.2) is 4.99 Å². The monoisotopic (exact) mass is 486 g/mol. The Morgan fingerprint density at radius 1 is 1.06 bits per heavy atom. The molecular weight excluding hydrogens is 464 g/mol. The highest BCUT2D eigenvalue weighted by atomic mass is 32.1. The average molecular weight is 487 g/mol. The topological polar surface area (TPSA) is 52.8 Å². The summed E-state index contributed by atoms with van der Waals surface area (Å²) in [5.74, 6) is 1.40. The van der Waals surface area contributed by atoms with Gasteiger partial charge in [0.2, 0.25) is 0 Å². The Morgan fingerprint density at radius 2 is 1.94 bits per heavy atom. The van der Waals surface area contributed by atoms with Crippen molar-refractivity contribution in [3.8, 4) is 11.5 Å². The van der Waals surface area contributed by atoms with Crippen molar-refractivity contribution >= 4 is 34.4 Å². The maximum Gasteiger partial charge on any atom is 0.271 e. The molecule has 34 heavy (non-hydrogen) atoms. The van der Waals surface area contributed by atoms with Crippen molar-refractivity contribution in [2.24, 2.45) is 4.99 Å². The standard InChI is InChI=1S/C27H22N2O3S2/c1-31-18-10-12-21(32-2)17(14-18)15-23-26(30)29-25(22-8-5-13-33-22)20-11-9-16-6-3-4-7-19(16)24(20)28-27(29)34-23/h3-8,10,12-15,25H,9,11H2,1-2H3/b23-15+/t25-/m1/s1. The molecule has 0 saturated heterocycles. The molecule has 7 heteroatoms. The van der Waals surface area contributed by atoms with Gasteiger partial charge in [0.05, 0.1) is 30.5 Å². The van der Waals surface area contributed by atoms with Crippen LogP contribution in [0.1, 0.15) is 34.0 Å². The van der Waals surface area contributed by atoms with Crippen LogP contribution in [0.5, 0.6) is 11.5 Å². The minimum Gasteiger partial charge on any atom is -0.497 e. The Hall–Kier alpha value is -3.42. The van der Waals surface area contributed by atoms with E-state index in [2.05, 4.69) is 35.7 Å². The number of thiophene rings is 1. The molecule has 170 valence electrons. The first-order chi connectivity index (χ1) is 16.7. The Morgan fingerprint density at radius 3 is 2.74 bits per heavy atom. The van der Waals surface area contributed by atoms with Crippen LogP contribution in [0.4, 0.5) is 0 Å². The zero-order valence-electron chi connectivity index (χ0n) is 18.8. The molecule has 4 aromatic rings. The SMILES string of the molecule is COc1ccc(OC)c(/C=c2/sc3n(c2=O)[C@@H](c2cccs2)C2=C(N=3)c3ccccc3CC2)c1. The molecule has 0 spiro atoms. The second-order valence-corrected chi connectivity index (χ2v) is 10.2. The predicted molar refractivity (Wildman–Crippen MR) is 137 cm³/mol. The van der Waals surface area contributed by atoms with E-state index in [0.717, 1.165) is 33.8 Å². The lowest BCUT2D eigenvalue weighted by Gasteiger charge is -2.30. The van der Waals surface area contributed by atoms with Crippen LogP contribution in [0.2, 0.25) is 0 Å². The number of ether oxygens (including phenoxy) is 2. The van der Waals surface area contributed by atoms with Gasteiger partial charge in [-0.3, -0.25) is 9.36 Å². The first-order valence-corrected chi connectivity index (χ1v) is 12.8. The van der Waals surface area contributed by atoms with Gasteiger partial charge in [0.15, 0.2) is 4.80 Å². The molecule has 0 saturated carbocycles. The zero-order chi connectivity index (χ0) is 23.2. The Bertz CT molecular complexity index is 1610. The van der Waals surface area contributed by atoms with Crippen LogP contribution < -0.4 is 24.4 Å². The number of fused-ring (bicyclic) bond motifs is 3. The van der Waals surface area contributed by atoms with E-state index in [4.69, 9.17) is 14.5 Å². The van der Waals surface area contributed by atoms with Gasteiger partial charge in [-0.15, -0.1) is 11.3 Å². The number of aryl methyl sites for hydroxylation is 1. The number of nitrogens with zero attached hydrogens (tertiary/aromatic N) is 2. The number of aromatic nitrogens is 1. The zero-order valence-corrected chi connectivity index (χ0v) is 20.4. The van der Waals surface area contributed by atoms with Crippen molar-refractivity contribution in [3.63, 3.8) is 0 Å². The van der Waals surface area contributed by atoms with Gasteiger partial charge < -0.3 is 9.47 Å². The minimum absolute atomic E-state index is 0.0302. The summed E-state index contributed by atoms with van der Waals surface area (Å²) in [5, 5.41) is 2.07. The lowest BCUT2D eigenvalue weighted by Crippen LogP contribution is -2.38. The van der Waals surface area contributed by atoms with Crippen LogP contribution in [0.25, 0.3) is 11.8 Å². The summed E-state index contributed by atoms with van der Waals surface area (Å²) in [5.41, 5.74) is 5.50. The summed E-state index contributed by atoms with van der Waals surface area (Å²) in [6, 6.07) is 18.1. The molecule has 0 unspecified atom stereocenters. The first-order valence-electron chi connectivity index (χ1n) is 11.1. The number of rotatable bonds is 4. The van der Waals surface area contributed by atoms with Crippen LogP contribution in [-0.2, 0) is 6.42 Å².